The average Bonchev–Trinajstić information content (AvgIpc) is 2.87. The fraction of sp³-hybridized carbons (Fsp3) is 0.400. The number of aromatic nitrogens is 1. The molecule has 1 fully saturated rings. The lowest BCUT2D eigenvalue weighted by Crippen LogP contribution is -2.43. The molecule has 3 rings (SSSR count). The van der Waals surface area contributed by atoms with E-state index in [1.807, 2.05) is 12.1 Å². The summed E-state index contributed by atoms with van der Waals surface area (Å²) >= 11 is 13.5. The van der Waals surface area contributed by atoms with Crippen LogP contribution in [0.25, 0.3) is 10.2 Å². The van der Waals surface area contributed by atoms with Crippen molar-refractivity contribution < 1.29 is 4.79 Å². The molecule has 23 heavy (non-hydrogen) atoms. The summed E-state index contributed by atoms with van der Waals surface area (Å²) in [5.74, 6) is -0.110. The zero-order valence-electron chi connectivity index (χ0n) is 12.1. The molecule has 1 saturated carbocycles. The standard InChI is InChI=1S/C15H14Cl2N4OS/c16-9-1-2-12-13(6-9)23-15(20-12)21-14(22)19-11-4-8(7-18)3-10(17)5-11/h1-2,6,8,10-11H,3-5H2,(H2,19,20,21,22)/t8-,10?,11?/m1/s1. The molecule has 0 saturated heterocycles. The highest BCUT2D eigenvalue weighted by molar-refractivity contribution is 7.22. The zero-order chi connectivity index (χ0) is 16.4. The molecular weight excluding hydrogens is 355 g/mol. The van der Waals surface area contributed by atoms with Gasteiger partial charge in [0.25, 0.3) is 0 Å². The van der Waals surface area contributed by atoms with Crippen molar-refractivity contribution in [3.63, 3.8) is 0 Å². The van der Waals surface area contributed by atoms with E-state index >= 15 is 0 Å². The van der Waals surface area contributed by atoms with Crippen LogP contribution in [0.2, 0.25) is 5.02 Å². The Balaban J connectivity index is 1.63. The summed E-state index contributed by atoms with van der Waals surface area (Å²) in [4.78, 5) is 16.5. The first kappa shape index (κ1) is 16.3. The van der Waals surface area contributed by atoms with E-state index in [2.05, 4.69) is 21.7 Å². The molecule has 0 radical (unpaired) electrons. The topological polar surface area (TPSA) is 77.8 Å². The number of fused-ring (bicyclic) bond motifs is 1. The van der Waals surface area contributed by atoms with Gasteiger partial charge in [-0.25, -0.2) is 9.78 Å². The number of alkyl halides is 1. The molecule has 0 bridgehead atoms. The van der Waals surface area contributed by atoms with Gasteiger partial charge in [-0.3, -0.25) is 5.32 Å². The van der Waals surface area contributed by atoms with Gasteiger partial charge in [0.15, 0.2) is 5.13 Å². The van der Waals surface area contributed by atoms with Crippen molar-refractivity contribution in [1.29, 1.82) is 5.26 Å². The average molecular weight is 369 g/mol. The van der Waals surface area contributed by atoms with Gasteiger partial charge >= 0.3 is 6.03 Å². The first-order valence-corrected chi connectivity index (χ1v) is 8.84. The number of benzene rings is 1. The smallest absolute Gasteiger partial charge is 0.321 e. The fourth-order valence-corrected chi connectivity index (χ4v) is 4.31. The Kier molecular flexibility index (Phi) is 4.90. The van der Waals surface area contributed by atoms with Crippen molar-refractivity contribution in [2.75, 3.05) is 5.32 Å². The fourth-order valence-electron chi connectivity index (χ4n) is 2.74. The molecule has 3 atom stereocenters. The maximum atomic E-state index is 12.1. The number of amides is 2. The van der Waals surface area contributed by atoms with Crippen LogP contribution in [-0.4, -0.2) is 22.4 Å². The van der Waals surface area contributed by atoms with Crippen LogP contribution in [0, 0.1) is 17.2 Å². The zero-order valence-corrected chi connectivity index (χ0v) is 14.4. The molecule has 2 aromatic rings. The van der Waals surface area contributed by atoms with E-state index in [1.165, 1.54) is 11.3 Å². The number of halogens is 2. The molecule has 1 aliphatic rings. The Bertz CT molecular complexity index is 772. The number of nitriles is 1. The molecule has 2 unspecified atom stereocenters. The van der Waals surface area contributed by atoms with Crippen molar-refractivity contribution in [1.82, 2.24) is 10.3 Å². The first-order chi connectivity index (χ1) is 11.0. The van der Waals surface area contributed by atoms with E-state index in [1.54, 1.807) is 6.07 Å². The molecule has 1 aliphatic carbocycles. The molecule has 0 aliphatic heterocycles. The normalized spacial score (nSPS) is 24.1. The van der Waals surface area contributed by atoms with Crippen LogP contribution in [0.5, 0.6) is 0 Å². The third-order valence-electron chi connectivity index (χ3n) is 3.74. The number of carbonyl (C=O) groups excluding carboxylic acids is 1. The van der Waals surface area contributed by atoms with E-state index < -0.39 is 0 Å². The van der Waals surface area contributed by atoms with Gasteiger partial charge in [-0.05, 0) is 37.5 Å². The highest BCUT2D eigenvalue weighted by Crippen LogP contribution is 2.29. The van der Waals surface area contributed by atoms with Crippen LogP contribution >= 0.6 is 34.5 Å². The maximum absolute atomic E-state index is 12.1. The highest BCUT2D eigenvalue weighted by Gasteiger charge is 2.28. The molecular formula is C15H14Cl2N4OS. The Hall–Kier alpha value is -1.55. The van der Waals surface area contributed by atoms with Crippen LogP contribution in [0.15, 0.2) is 18.2 Å². The number of nitrogens with zero attached hydrogens (tertiary/aromatic N) is 2. The number of hydrogen-bond donors (Lipinski definition) is 2. The van der Waals surface area contributed by atoms with Crippen molar-refractivity contribution >= 4 is 55.9 Å². The van der Waals surface area contributed by atoms with Crippen LogP contribution < -0.4 is 10.6 Å². The van der Waals surface area contributed by atoms with E-state index in [4.69, 9.17) is 28.5 Å². The van der Waals surface area contributed by atoms with Crippen LogP contribution in [0.1, 0.15) is 19.3 Å². The minimum Gasteiger partial charge on any atom is -0.335 e. The number of carbonyl (C=O) groups is 1. The second-order valence-electron chi connectivity index (χ2n) is 5.56. The molecule has 0 spiro atoms. The van der Waals surface area contributed by atoms with Gasteiger partial charge < -0.3 is 5.32 Å². The number of rotatable bonds is 2. The molecule has 1 aromatic carbocycles. The Labute approximate surface area is 147 Å². The Morgan fingerprint density at radius 3 is 3.00 bits per heavy atom. The minimum absolute atomic E-state index is 0.0803. The molecule has 2 N–H and O–H groups in total. The highest BCUT2D eigenvalue weighted by atomic mass is 35.5. The quantitative estimate of drug-likeness (QED) is 0.772. The summed E-state index contributed by atoms with van der Waals surface area (Å²) in [7, 11) is 0. The summed E-state index contributed by atoms with van der Waals surface area (Å²) in [5.41, 5.74) is 0.790. The number of hydrogen-bond acceptors (Lipinski definition) is 4. The predicted octanol–water partition coefficient (Wildman–Crippen LogP) is 4.37. The number of anilines is 1. The van der Waals surface area contributed by atoms with Gasteiger partial charge in [-0.1, -0.05) is 22.9 Å². The second kappa shape index (κ2) is 6.91. The lowest BCUT2D eigenvalue weighted by atomic mass is 9.86. The van der Waals surface area contributed by atoms with Gasteiger partial charge in [0.1, 0.15) is 0 Å². The van der Waals surface area contributed by atoms with E-state index in [9.17, 15) is 4.79 Å². The lowest BCUT2D eigenvalue weighted by Gasteiger charge is -2.29. The summed E-state index contributed by atoms with van der Waals surface area (Å²) < 4.78 is 0.913. The summed E-state index contributed by atoms with van der Waals surface area (Å²) in [6, 6.07) is 7.19. The number of nitrogens with one attached hydrogen (secondary N) is 2. The summed E-state index contributed by atoms with van der Waals surface area (Å²) in [5, 5.41) is 15.7. The van der Waals surface area contributed by atoms with Crippen molar-refractivity contribution in [2.45, 2.75) is 30.7 Å². The molecule has 1 heterocycles. The SMILES string of the molecule is N#C[C@@H]1CC(Cl)CC(NC(=O)Nc2nc3ccc(Cl)cc3s2)C1. The number of urea groups is 1. The van der Waals surface area contributed by atoms with Gasteiger partial charge in [0, 0.05) is 22.4 Å². The molecule has 2 amide bonds. The third kappa shape index (κ3) is 4.05. The molecule has 8 heteroatoms. The predicted molar refractivity (Wildman–Crippen MR) is 93.2 cm³/mol. The first-order valence-electron chi connectivity index (χ1n) is 7.21. The number of thiazole rings is 1. The van der Waals surface area contributed by atoms with Crippen LogP contribution in [0.3, 0.4) is 0 Å². The van der Waals surface area contributed by atoms with Gasteiger partial charge in [-0.15, -0.1) is 11.6 Å². The van der Waals surface area contributed by atoms with Crippen LogP contribution in [-0.2, 0) is 0 Å². The maximum Gasteiger partial charge on any atom is 0.321 e. The Morgan fingerprint density at radius 2 is 2.22 bits per heavy atom. The van der Waals surface area contributed by atoms with Gasteiger partial charge in [0.05, 0.1) is 16.3 Å². The van der Waals surface area contributed by atoms with Crippen molar-refractivity contribution in [3.8, 4) is 6.07 Å². The second-order valence-corrected chi connectivity index (χ2v) is 7.64. The molecule has 1 aromatic heterocycles. The van der Waals surface area contributed by atoms with E-state index in [0.717, 1.165) is 10.2 Å². The molecule has 5 nitrogen and oxygen atoms in total. The van der Waals surface area contributed by atoms with Crippen LogP contribution in [0.4, 0.5) is 9.93 Å². The summed E-state index contributed by atoms with van der Waals surface area (Å²) in [6.45, 7) is 0. The van der Waals surface area contributed by atoms with Gasteiger partial charge in [0.2, 0.25) is 0 Å². The van der Waals surface area contributed by atoms with Gasteiger partial charge in [-0.2, -0.15) is 5.26 Å². The van der Waals surface area contributed by atoms with E-state index in [-0.39, 0.29) is 23.4 Å². The Morgan fingerprint density at radius 1 is 1.39 bits per heavy atom. The van der Waals surface area contributed by atoms with Crippen molar-refractivity contribution in [2.24, 2.45) is 5.92 Å². The van der Waals surface area contributed by atoms with Crippen molar-refractivity contribution in [3.05, 3.63) is 23.2 Å². The lowest BCUT2D eigenvalue weighted by molar-refractivity contribution is 0.241. The minimum atomic E-state index is -0.331. The van der Waals surface area contributed by atoms with E-state index in [0.29, 0.717) is 29.4 Å². The summed E-state index contributed by atoms with van der Waals surface area (Å²) in [6.07, 6.45) is 1.97. The third-order valence-corrected chi connectivity index (χ3v) is 5.26. The molecule has 120 valence electrons. The largest absolute Gasteiger partial charge is 0.335 e. The monoisotopic (exact) mass is 368 g/mol.